The molecule has 0 aliphatic rings. The first-order chi connectivity index (χ1) is 10.1. The lowest BCUT2D eigenvalue weighted by Crippen LogP contribution is -2.12. The summed E-state index contributed by atoms with van der Waals surface area (Å²) in [7, 11) is 0. The molecule has 0 bridgehead atoms. The monoisotopic (exact) mass is 309 g/mol. The van der Waals surface area contributed by atoms with E-state index in [2.05, 4.69) is 15.6 Å². The minimum absolute atomic E-state index is 0.119. The number of aryl methyl sites for hydroxylation is 1. The summed E-state index contributed by atoms with van der Waals surface area (Å²) in [6.45, 7) is 1.20. The number of nitrogens with one attached hydrogen (secondary N) is 1. The molecule has 0 atom stereocenters. The van der Waals surface area contributed by atoms with E-state index >= 15 is 0 Å². The third kappa shape index (κ3) is 4.17. The van der Waals surface area contributed by atoms with Crippen LogP contribution in [0.1, 0.15) is 22.5 Å². The average molecular weight is 310 g/mol. The van der Waals surface area contributed by atoms with E-state index in [0.29, 0.717) is 24.5 Å². The third-order valence-corrected chi connectivity index (χ3v) is 3.17. The van der Waals surface area contributed by atoms with E-state index < -0.39 is 5.91 Å². The fourth-order valence-electron chi connectivity index (χ4n) is 1.78. The number of amides is 1. The lowest BCUT2D eigenvalue weighted by atomic mass is 10.2. The Morgan fingerprint density at radius 2 is 2.29 bits per heavy atom. The fourth-order valence-corrected chi connectivity index (χ4v) is 1.99. The number of hydrogen-bond acceptors (Lipinski definition) is 5. The Balaban J connectivity index is 1.98. The molecular weight excluding hydrogens is 294 g/mol. The van der Waals surface area contributed by atoms with Crippen LogP contribution >= 0.6 is 11.6 Å². The molecular formula is C13H16ClN5O2. The topological polar surface area (TPSA) is 106 Å². The van der Waals surface area contributed by atoms with Crippen molar-refractivity contribution in [3.63, 3.8) is 0 Å². The molecule has 1 aromatic carbocycles. The number of halogens is 1. The largest absolute Gasteiger partial charge is 0.396 e. The predicted octanol–water partition coefficient (Wildman–Crippen LogP) is 1.02. The molecule has 0 fully saturated rings. The smallest absolute Gasteiger partial charge is 0.250 e. The summed E-state index contributed by atoms with van der Waals surface area (Å²) in [5, 5.41) is 20.2. The first kappa shape index (κ1) is 15.3. The van der Waals surface area contributed by atoms with E-state index in [4.69, 9.17) is 22.4 Å². The van der Waals surface area contributed by atoms with Gasteiger partial charge in [-0.1, -0.05) is 16.8 Å². The van der Waals surface area contributed by atoms with Crippen molar-refractivity contribution >= 4 is 23.2 Å². The van der Waals surface area contributed by atoms with Crippen LogP contribution in [-0.4, -0.2) is 32.6 Å². The van der Waals surface area contributed by atoms with Gasteiger partial charge in [-0.2, -0.15) is 0 Å². The Morgan fingerprint density at radius 1 is 1.48 bits per heavy atom. The second-order valence-electron chi connectivity index (χ2n) is 4.46. The fraction of sp³-hybridized carbons (Fsp3) is 0.308. The Kier molecular flexibility index (Phi) is 5.13. The lowest BCUT2D eigenvalue weighted by Gasteiger charge is -2.06. The van der Waals surface area contributed by atoms with Crippen LogP contribution in [0.5, 0.6) is 0 Å². The Morgan fingerprint density at radius 3 is 3.00 bits per heavy atom. The molecule has 0 radical (unpaired) electrons. The zero-order valence-electron chi connectivity index (χ0n) is 11.3. The van der Waals surface area contributed by atoms with Gasteiger partial charge < -0.3 is 16.2 Å². The maximum atomic E-state index is 11.2. The molecule has 0 spiro atoms. The summed E-state index contributed by atoms with van der Waals surface area (Å²) in [6, 6.07) is 4.97. The summed E-state index contributed by atoms with van der Waals surface area (Å²) in [5.74, 6) is -0.571. The van der Waals surface area contributed by atoms with Crippen LogP contribution in [0.4, 0.5) is 5.69 Å². The van der Waals surface area contributed by atoms with E-state index in [1.807, 2.05) is 0 Å². The minimum atomic E-state index is -0.571. The summed E-state index contributed by atoms with van der Waals surface area (Å²) in [5.41, 5.74) is 6.99. The number of anilines is 1. The van der Waals surface area contributed by atoms with Crippen molar-refractivity contribution < 1.29 is 9.90 Å². The van der Waals surface area contributed by atoms with Crippen LogP contribution < -0.4 is 11.1 Å². The Hall–Kier alpha value is -2.12. The van der Waals surface area contributed by atoms with Gasteiger partial charge in [0.05, 0.1) is 23.3 Å². The van der Waals surface area contributed by atoms with Gasteiger partial charge in [0.15, 0.2) is 0 Å². The molecule has 0 saturated heterocycles. The van der Waals surface area contributed by atoms with Gasteiger partial charge in [0.1, 0.15) is 5.69 Å². The minimum Gasteiger partial charge on any atom is -0.396 e. The van der Waals surface area contributed by atoms with Crippen LogP contribution in [0, 0.1) is 0 Å². The van der Waals surface area contributed by atoms with Crippen molar-refractivity contribution in [1.82, 2.24) is 15.0 Å². The van der Waals surface area contributed by atoms with Gasteiger partial charge in [-0.3, -0.25) is 9.48 Å². The van der Waals surface area contributed by atoms with Crippen molar-refractivity contribution in [2.24, 2.45) is 5.73 Å². The maximum absolute atomic E-state index is 11.2. The maximum Gasteiger partial charge on any atom is 0.250 e. The van der Waals surface area contributed by atoms with E-state index in [-0.39, 0.29) is 12.2 Å². The van der Waals surface area contributed by atoms with Crippen molar-refractivity contribution in [2.45, 2.75) is 19.5 Å². The first-order valence-electron chi connectivity index (χ1n) is 6.43. The summed E-state index contributed by atoms with van der Waals surface area (Å²) in [6.07, 6.45) is 2.43. The number of hydrogen-bond donors (Lipinski definition) is 3. The number of rotatable bonds is 7. The first-order valence-corrected chi connectivity index (χ1v) is 6.81. The zero-order chi connectivity index (χ0) is 15.2. The van der Waals surface area contributed by atoms with Crippen molar-refractivity contribution in [3.05, 3.63) is 40.7 Å². The van der Waals surface area contributed by atoms with Gasteiger partial charge >= 0.3 is 0 Å². The van der Waals surface area contributed by atoms with E-state index in [9.17, 15) is 4.79 Å². The summed E-state index contributed by atoms with van der Waals surface area (Å²) >= 11 is 5.89. The highest BCUT2D eigenvalue weighted by molar-refractivity contribution is 6.33. The summed E-state index contributed by atoms with van der Waals surface area (Å²) < 4.78 is 1.67. The number of aliphatic hydroxyl groups excluding tert-OH is 1. The third-order valence-electron chi connectivity index (χ3n) is 2.84. The summed E-state index contributed by atoms with van der Waals surface area (Å²) in [4.78, 5) is 11.2. The molecule has 1 heterocycles. The molecule has 0 aliphatic heterocycles. The molecule has 4 N–H and O–H groups in total. The average Bonchev–Trinajstić information content (AvgIpc) is 2.92. The number of carbonyl (C=O) groups is 1. The number of aromatic nitrogens is 3. The molecule has 112 valence electrons. The van der Waals surface area contributed by atoms with Crippen LogP contribution in [-0.2, 0) is 13.1 Å². The predicted molar refractivity (Wildman–Crippen MR) is 79.0 cm³/mol. The van der Waals surface area contributed by atoms with E-state index in [0.717, 1.165) is 11.4 Å². The number of benzene rings is 1. The molecule has 2 rings (SSSR count). The number of nitrogens with two attached hydrogens (primary N) is 1. The van der Waals surface area contributed by atoms with Crippen molar-refractivity contribution in [2.75, 3.05) is 11.9 Å². The molecule has 8 heteroatoms. The molecule has 21 heavy (non-hydrogen) atoms. The van der Waals surface area contributed by atoms with Gasteiger partial charge in [-0.15, -0.1) is 5.10 Å². The Bertz CT molecular complexity index is 629. The standard InChI is InChI=1S/C13H16ClN5O2/c14-12-3-2-9(6-11(12)13(15)21)16-7-10-8-19(18-17-10)4-1-5-20/h2-3,6,8,16,20H,1,4-5,7H2,(H2,15,21). The number of primary amides is 1. The number of aliphatic hydroxyl groups is 1. The normalized spacial score (nSPS) is 10.6. The van der Waals surface area contributed by atoms with Crippen LogP contribution in [0.25, 0.3) is 0 Å². The second-order valence-corrected chi connectivity index (χ2v) is 4.87. The highest BCUT2D eigenvalue weighted by atomic mass is 35.5. The molecule has 0 unspecified atom stereocenters. The highest BCUT2D eigenvalue weighted by Gasteiger charge is 2.08. The number of carbonyl (C=O) groups excluding carboxylic acids is 1. The molecule has 1 aromatic heterocycles. The van der Waals surface area contributed by atoms with E-state index in [1.54, 1.807) is 29.1 Å². The highest BCUT2D eigenvalue weighted by Crippen LogP contribution is 2.20. The molecule has 2 aromatic rings. The van der Waals surface area contributed by atoms with E-state index in [1.165, 1.54) is 0 Å². The van der Waals surface area contributed by atoms with Gasteiger partial charge in [0.25, 0.3) is 0 Å². The number of nitrogens with zero attached hydrogens (tertiary/aromatic N) is 3. The molecule has 7 nitrogen and oxygen atoms in total. The zero-order valence-corrected chi connectivity index (χ0v) is 12.0. The van der Waals surface area contributed by atoms with Crippen LogP contribution in [0.2, 0.25) is 5.02 Å². The van der Waals surface area contributed by atoms with Gasteiger partial charge in [0, 0.05) is 18.8 Å². The SMILES string of the molecule is NC(=O)c1cc(NCc2cn(CCCO)nn2)ccc1Cl. The molecule has 0 saturated carbocycles. The van der Waals surface area contributed by atoms with Crippen LogP contribution in [0.3, 0.4) is 0 Å². The quantitative estimate of drug-likeness (QED) is 0.708. The lowest BCUT2D eigenvalue weighted by molar-refractivity contribution is 0.100. The molecule has 1 amide bonds. The van der Waals surface area contributed by atoms with Crippen molar-refractivity contribution in [1.29, 1.82) is 0 Å². The van der Waals surface area contributed by atoms with Crippen LogP contribution in [0.15, 0.2) is 24.4 Å². The van der Waals surface area contributed by atoms with Gasteiger partial charge in [-0.05, 0) is 24.6 Å². The molecule has 0 aliphatic carbocycles. The van der Waals surface area contributed by atoms with Crippen molar-refractivity contribution in [3.8, 4) is 0 Å². The Labute approximate surface area is 126 Å². The van der Waals surface area contributed by atoms with Gasteiger partial charge in [-0.25, -0.2) is 0 Å². The second kappa shape index (κ2) is 7.05. The van der Waals surface area contributed by atoms with Gasteiger partial charge in [0.2, 0.25) is 5.91 Å².